The molecule has 0 aliphatic carbocycles. The maximum absolute atomic E-state index is 12.0. The molecular weight excluding hydrogens is 353 g/mol. The van der Waals surface area contributed by atoms with Gasteiger partial charge in [-0.3, -0.25) is 4.57 Å². The summed E-state index contributed by atoms with van der Waals surface area (Å²) in [6, 6.07) is 11.8. The molecule has 0 aliphatic heterocycles. The van der Waals surface area contributed by atoms with E-state index in [1.54, 1.807) is 42.5 Å². The molecule has 24 heavy (non-hydrogen) atoms. The first-order valence-electron chi connectivity index (χ1n) is 7.27. The number of halogens is 2. The van der Waals surface area contributed by atoms with Gasteiger partial charge in [0, 0.05) is 11.6 Å². The highest BCUT2D eigenvalue weighted by Crippen LogP contribution is 2.20. The summed E-state index contributed by atoms with van der Waals surface area (Å²) in [7, 11) is 0. The average molecular weight is 366 g/mol. The van der Waals surface area contributed by atoms with Crippen LogP contribution in [0.15, 0.2) is 56.5 Å². The Hall–Kier alpha value is -2.24. The monoisotopic (exact) mass is 365 g/mol. The van der Waals surface area contributed by atoms with Crippen LogP contribution in [0.4, 0.5) is 0 Å². The van der Waals surface area contributed by atoms with Crippen LogP contribution in [0.2, 0.25) is 10.0 Å². The molecule has 0 unspecified atom stereocenters. The SMILES string of the molecule is O=c1oc(=O)n(CCCOc2ccc(Cl)cc2)c2c(Cl)cccc12. The first-order chi connectivity index (χ1) is 11.6. The van der Waals surface area contributed by atoms with Gasteiger partial charge in [-0.2, -0.15) is 0 Å². The largest absolute Gasteiger partial charge is 0.494 e. The third-order valence-corrected chi connectivity index (χ3v) is 4.04. The topological polar surface area (TPSA) is 61.4 Å². The van der Waals surface area contributed by atoms with Crippen LogP contribution in [-0.2, 0) is 6.54 Å². The van der Waals surface area contributed by atoms with Gasteiger partial charge in [0.25, 0.3) is 0 Å². The number of ether oxygens (including phenoxy) is 1. The fraction of sp³-hybridized carbons (Fsp3) is 0.176. The smallest absolute Gasteiger partial charge is 0.422 e. The van der Waals surface area contributed by atoms with E-state index in [-0.39, 0.29) is 5.39 Å². The molecule has 0 bridgehead atoms. The van der Waals surface area contributed by atoms with Gasteiger partial charge < -0.3 is 9.15 Å². The highest BCUT2D eigenvalue weighted by Gasteiger charge is 2.12. The molecule has 0 saturated heterocycles. The quantitative estimate of drug-likeness (QED) is 0.646. The molecule has 0 spiro atoms. The van der Waals surface area contributed by atoms with Crippen LogP contribution in [0, 0.1) is 0 Å². The molecule has 1 heterocycles. The van der Waals surface area contributed by atoms with Crippen molar-refractivity contribution in [3.05, 3.63) is 73.5 Å². The summed E-state index contributed by atoms with van der Waals surface area (Å²) in [5.41, 5.74) is -0.307. The van der Waals surface area contributed by atoms with E-state index in [0.717, 1.165) is 0 Å². The number of aromatic nitrogens is 1. The summed E-state index contributed by atoms with van der Waals surface area (Å²) >= 11 is 12.0. The molecule has 0 atom stereocenters. The molecule has 7 heteroatoms. The lowest BCUT2D eigenvalue weighted by Crippen LogP contribution is -2.26. The molecule has 124 valence electrons. The molecule has 2 aromatic carbocycles. The summed E-state index contributed by atoms with van der Waals surface area (Å²) in [6.07, 6.45) is 0.538. The Bertz CT molecular complexity index is 977. The summed E-state index contributed by atoms with van der Waals surface area (Å²) in [5, 5.41) is 1.24. The van der Waals surface area contributed by atoms with E-state index in [9.17, 15) is 9.59 Å². The lowest BCUT2D eigenvalue weighted by molar-refractivity contribution is 0.296. The highest BCUT2D eigenvalue weighted by atomic mass is 35.5. The van der Waals surface area contributed by atoms with Crippen molar-refractivity contribution in [3.63, 3.8) is 0 Å². The third kappa shape index (κ3) is 3.47. The fourth-order valence-corrected chi connectivity index (χ4v) is 2.78. The molecule has 3 rings (SSSR count). The number of benzene rings is 2. The van der Waals surface area contributed by atoms with Gasteiger partial charge in [0.1, 0.15) is 5.75 Å². The van der Waals surface area contributed by atoms with Crippen molar-refractivity contribution < 1.29 is 9.15 Å². The predicted molar refractivity (Wildman–Crippen MR) is 93.3 cm³/mol. The van der Waals surface area contributed by atoms with Crippen LogP contribution >= 0.6 is 23.2 Å². The zero-order valence-electron chi connectivity index (χ0n) is 12.5. The van der Waals surface area contributed by atoms with Gasteiger partial charge >= 0.3 is 11.4 Å². The van der Waals surface area contributed by atoms with Gasteiger partial charge in [-0.25, -0.2) is 9.59 Å². The van der Waals surface area contributed by atoms with E-state index in [2.05, 4.69) is 0 Å². The number of aryl methyl sites for hydroxylation is 1. The van der Waals surface area contributed by atoms with E-state index in [4.69, 9.17) is 32.4 Å². The molecule has 0 aliphatic rings. The van der Waals surface area contributed by atoms with Crippen molar-refractivity contribution in [1.82, 2.24) is 4.57 Å². The zero-order chi connectivity index (χ0) is 17.1. The Labute approximate surface area is 147 Å². The molecule has 3 aromatic rings. The van der Waals surface area contributed by atoms with E-state index < -0.39 is 11.4 Å². The van der Waals surface area contributed by atoms with Crippen molar-refractivity contribution in [1.29, 1.82) is 0 Å². The lowest BCUT2D eigenvalue weighted by Gasteiger charge is -2.10. The maximum Gasteiger partial charge on any atom is 0.422 e. The van der Waals surface area contributed by atoms with Crippen LogP contribution in [0.3, 0.4) is 0 Å². The predicted octanol–water partition coefficient (Wildman–Crippen LogP) is 3.73. The van der Waals surface area contributed by atoms with Gasteiger partial charge in [-0.05, 0) is 42.8 Å². The molecule has 0 radical (unpaired) electrons. The summed E-state index contributed by atoms with van der Waals surface area (Å²) in [4.78, 5) is 23.8. The Morgan fingerprint density at radius 1 is 1.04 bits per heavy atom. The maximum atomic E-state index is 12.0. The summed E-state index contributed by atoms with van der Waals surface area (Å²) < 4.78 is 11.7. The van der Waals surface area contributed by atoms with Gasteiger partial charge in [0.05, 0.1) is 22.5 Å². The Morgan fingerprint density at radius 3 is 2.54 bits per heavy atom. The molecule has 1 aromatic heterocycles. The van der Waals surface area contributed by atoms with Crippen LogP contribution in [0.5, 0.6) is 5.75 Å². The number of para-hydroxylation sites is 1. The van der Waals surface area contributed by atoms with Crippen LogP contribution < -0.4 is 16.1 Å². The number of hydrogen-bond acceptors (Lipinski definition) is 4. The Balaban J connectivity index is 1.77. The molecule has 0 N–H and O–H groups in total. The van der Waals surface area contributed by atoms with Crippen molar-refractivity contribution in [2.24, 2.45) is 0 Å². The fourth-order valence-electron chi connectivity index (χ4n) is 2.38. The van der Waals surface area contributed by atoms with E-state index in [1.807, 2.05) is 0 Å². The van der Waals surface area contributed by atoms with Crippen molar-refractivity contribution >= 4 is 34.1 Å². The zero-order valence-corrected chi connectivity index (χ0v) is 14.0. The molecule has 0 amide bonds. The number of nitrogens with zero attached hydrogens (tertiary/aromatic N) is 1. The summed E-state index contributed by atoms with van der Waals surface area (Å²) in [6.45, 7) is 0.704. The molecule has 5 nitrogen and oxygen atoms in total. The molecular formula is C17H13Cl2NO4. The van der Waals surface area contributed by atoms with E-state index in [1.165, 1.54) is 4.57 Å². The van der Waals surface area contributed by atoms with Crippen molar-refractivity contribution in [2.45, 2.75) is 13.0 Å². The highest BCUT2D eigenvalue weighted by molar-refractivity contribution is 6.35. The standard InChI is InChI=1S/C17H13Cl2NO4/c18-11-5-7-12(8-6-11)23-10-2-9-20-15-13(3-1-4-14(15)19)16(21)24-17(20)22/h1,3-8H,2,9-10H2. The van der Waals surface area contributed by atoms with Crippen molar-refractivity contribution in [3.8, 4) is 5.75 Å². The second-order valence-corrected chi connectivity index (χ2v) is 5.94. The second-order valence-electron chi connectivity index (χ2n) is 5.10. The minimum Gasteiger partial charge on any atom is -0.494 e. The van der Waals surface area contributed by atoms with Gasteiger partial charge in [-0.1, -0.05) is 29.3 Å². The average Bonchev–Trinajstić information content (AvgIpc) is 2.56. The van der Waals surface area contributed by atoms with Crippen LogP contribution in [0.25, 0.3) is 10.9 Å². The molecule has 0 fully saturated rings. The second kappa shape index (κ2) is 7.11. The number of hydrogen-bond donors (Lipinski definition) is 0. The number of fused-ring (bicyclic) bond motifs is 1. The molecule has 0 saturated carbocycles. The Morgan fingerprint density at radius 2 is 1.79 bits per heavy atom. The minimum absolute atomic E-state index is 0.278. The van der Waals surface area contributed by atoms with E-state index in [0.29, 0.717) is 40.9 Å². The first kappa shape index (κ1) is 16.6. The van der Waals surface area contributed by atoms with Gasteiger partial charge in [0.15, 0.2) is 0 Å². The van der Waals surface area contributed by atoms with Gasteiger partial charge in [0.2, 0.25) is 0 Å². The van der Waals surface area contributed by atoms with Crippen LogP contribution in [0.1, 0.15) is 6.42 Å². The number of rotatable bonds is 5. The lowest BCUT2D eigenvalue weighted by atomic mass is 10.2. The third-order valence-electron chi connectivity index (χ3n) is 3.49. The summed E-state index contributed by atoms with van der Waals surface area (Å²) in [5.74, 6) is -0.0404. The van der Waals surface area contributed by atoms with Crippen LogP contribution in [-0.4, -0.2) is 11.2 Å². The van der Waals surface area contributed by atoms with E-state index >= 15 is 0 Å². The van der Waals surface area contributed by atoms with Gasteiger partial charge in [-0.15, -0.1) is 0 Å². The van der Waals surface area contributed by atoms with Crippen molar-refractivity contribution in [2.75, 3.05) is 6.61 Å². The Kier molecular flexibility index (Phi) is 4.92. The normalized spacial score (nSPS) is 10.9. The minimum atomic E-state index is -0.730. The first-order valence-corrected chi connectivity index (χ1v) is 8.02.